The van der Waals surface area contributed by atoms with Gasteiger partial charge in [-0.05, 0) is 66.1 Å². The highest BCUT2D eigenvalue weighted by Crippen LogP contribution is 2.31. The quantitative estimate of drug-likeness (QED) is 0.330. The highest BCUT2D eigenvalue weighted by atomic mass is 35.5. The minimum absolute atomic E-state index is 0.283. The molecule has 0 aliphatic heterocycles. The van der Waals surface area contributed by atoms with Crippen molar-refractivity contribution < 1.29 is 13.9 Å². The number of allylic oxidation sites excluding steroid dienone is 1. The second kappa shape index (κ2) is 9.77. The Morgan fingerprint density at radius 3 is 2.38 bits per heavy atom. The SMILES string of the molecule is CCOc1cc(/C=C(\C#N)c2ccc(Cl)cc2)ccc1OCc1ccc(F)cc1. The molecule has 5 heteroatoms. The zero-order chi connectivity index (χ0) is 20.6. The smallest absolute Gasteiger partial charge is 0.161 e. The summed E-state index contributed by atoms with van der Waals surface area (Å²) in [6.07, 6.45) is 1.79. The van der Waals surface area contributed by atoms with E-state index >= 15 is 0 Å². The Morgan fingerprint density at radius 2 is 1.72 bits per heavy atom. The number of nitrogens with zero attached hydrogens (tertiary/aromatic N) is 1. The molecule has 0 radical (unpaired) electrons. The molecule has 0 saturated carbocycles. The summed E-state index contributed by atoms with van der Waals surface area (Å²) in [7, 11) is 0. The van der Waals surface area contributed by atoms with Crippen LogP contribution in [0.1, 0.15) is 23.6 Å². The molecule has 3 aromatic carbocycles. The lowest BCUT2D eigenvalue weighted by Gasteiger charge is -2.13. The highest BCUT2D eigenvalue weighted by Gasteiger charge is 2.08. The Kier molecular flexibility index (Phi) is 6.89. The summed E-state index contributed by atoms with van der Waals surface area (Å²) >= 11 is 5.92. The molecule has 146 valence electrons. The molecule has 29 heavy (non-hydrogen) atoms. The van der Waals surface area contributed by atoms with Crippen molar-refractivity contribution in [2.45, 2.75) is 13.5 Å². The third kappa shape index (κ3) is 5.60. The number of nitriles is 1. The average Bonchev–Trinajstić information content (AvgIpc) is 2.73. The van der Waals surface area contributed by atoms with Crippen LogP contribution in [0.3, 0.4) is 0 Å². The fourth-order valence-corrected chi connectivity index (χ4v) is 2.85. The summed E-state index contributed by atoms with van der Waals surface area (Å²) in [5.41, 5.74) is 2.97. The average molecular weight is 408 g/mol. The van der Waals surface area contributed by atoms with E-state index in [0.29, 0.717) is 35.3 Å². The summed E-state index contributed by atoms with van der Waals surface area (Å²) in [6, 6.07) is 21.0. The van der Waals surface area contributed by atoms with Crippen molar-refractivity contribution in [3.05, 3.63) is 94.3 Å². The fraction of sp³-hybridized carbons (Fsp3) is 0.125. The van der Waals surface area contributed by atoms with E-state index in [0.717, 1.165) is 16.7 Å². The van der Waals surface area contributed by atoms with Gasteiger partial charge in [0.05, 0.1) is 18.2 Å². The van der Waals surface area contributed by atoms with Gasteiger partial charge in [0.2, 0.25) is 0 Å². The largest absolute Gasteiger partial charge is 0.490 e. The Morgan fingerprint density at radius 1 is 1.00 bits per heavy atom. The minimum atomic E-state index is -0.283. The van der Waals surface area contributed by atoms with Crippen LogP contribution in [0.25, 0.3) is 11.6 Å². The normalized spacial score (nSPS) is 11.0. The first-order valence-corrected chi connectivity index (χ1v) is 9.48. The number of rotatable bonds is 7. The Labute approximate surface area is 174 Å². The second-order valence-electron chi connectivity index (χ2n) is 6.23. The van der Waals surface area contributed by atoms with Crippen molar-refractivity contribution in [2.24, 2.45) is 0 Å². The molecule has 0 saturated heterocycles. The van der Waals surface area contributed by atoms with Crippen molar-refractivity contribution in [3.63, 3.8) is 0 Å². The topological polar surface area (TPSA) is 42.2 Å². The molecule has 3 rings (SSSR count). The van der Waals surface area contributed by atoms with E-state index in [9.17, 15) is 9.65 Å². The van der Waals surface area contributed by atoms with Crippen molar-refractivity contribution in [3.8, 4) is 17.6 Å². The molecule has 0 aliphatic rings. The molecule has 0 bridgehead atoms. The van der Waals surface area contributed by atoms with Crippen LogP contribution in [0.4, 0.5) is 4.39 Å². The van der Waals surface area contributed by atoms with Crippen LogP contribution in [0, 0.1) is 17.1 Å². The maximum Gasteiger partial charge on any atom is 0.161 e. The molecule has 0 aromatic heterocycles. The fourth-order valence-electron chi connectivity index (χ4n) is 2.72. The van der Waals surface area contributed by atoms with Gasteiger partial charge in [-0.25, -0.2) is 4.39 Å². The monoisotopic (exact) mass is 407 g/mol. The van der Waals surface area contributed by atoms with Gasteiger partial charge in [-0.1, -0.05) is 41.9 Å². The van der Waals surface area contributed by atoms with Crippen molar-refractivity contribution in [2.75, 3.05) is 6.61 Å². The van der Waals surface area contributed by atoms with Crippen molar-refractivity contribution >= 4 is 23.3 Å². The first kappa shape index (κ1) is 20.4. The Bertz CT molecular complexity index is 1040. The summed E-state index contributed by atoms with van der Waals surface area (Å²) in [5.74, 6) is 0.879. The lowest BCUT2D eigenvalue weighted by atomic mass is 10.0. The molecule has 0 atom stereocenters. The van der Waals surface area contributed by atoms with E-state index in [-0.39, 0.29) is 5.82 Å². The van der Waals surface area contributed by atoms with Crippen LogP contribution in [0.2, 0.25) is 5.02 Å². The molecule has 3 aromatic rings. The van der Waals surface area contributed by atoms with Crippen molar-refractivity contribution in [1.82, 2.24) is 0 Å². The van der Waals surface area contributed by atoms with Gasteiger partial charge in [0.1, 0.15) is 12.4 Å². The molecule has 0 spiro atoms. The summed E-state index contributed by atoms with van der Waals surface area (Å²) in [6.45, 7) is 2.66. The van der Waals surface area contributed by atoms with Gasteiger partial charge in [0.15, 0.2) is 11.5 Å². The van der Waals surface area contributed by atoms with Gasteiger partial charge in [-0.2, -0.15) is 5.26 Å². The highest BCUT2D eigenvalue weighted by molar-refractivity contribution is 6.30. The number of hydrogen-bond acceptors (Lipinski definition) is 3. The van der Waals surface area contributed by atoms with Crippen LogP contribution in [-0.2, 0) is 6.61 Å². The van der Waals surface area contributed by atoms with E-state index < -0.39 is 0 Å². The maximum atomic E-state index is 13.0. The van der Waals surface area contributed by atoms with Gasteiger partial charge in [0.25, 0.3) is 0 Å². The third-order valence-electron chi connectivity index (χ3n) is 4.16. The van der Waals surface area contributed by atoms with Crippen LogP contribution < -0.4 is 9.47 Å². The molecule has 0 N–H and O–H groups in total. The second-order valence-corrected chi connectivity index (χ2v) is 6.67. The lowest BCUT2D eigenvalue weighted by molar-refractivity contribution is 0.269. The maximum absolute atomic E-state index is 13.0. The molecule has 0 amide bonds. The lowest BCUT2D eigenvalue weighted by Crippen LogP contribution is -2.00. The molecule has 0 fully saturated rings. The molecule has 3 nitrogen and oxygen atoms in total. The minimum Gasteiger partial charge on any atom is -0.490 e. The number of hydrogen-bond donors (Lipinski definition) is 0. The van der Waals surface area contributed by atoms with Gasteiger partial charge < -0.3 is 9.47 Å². The Balaban J connectivity index is 1.83. The standard InChI is InChI=1S/C24H19ClFNO2/c1-2-28-24-14-18(13-20(15-27)19-6-8-21(25)9-7-19)5-12-23(24)29-16-17-3-10-22(26)11-4-17/h3-14H,2,16H2,1H3/b20-13+. The molecule has 0 aliphatic carbocycles. The Hall–Kier alpha value is -3.29. The van der Waals surface area contributed by atoms with Gasteiger partial charge in [-0.15, -0.1) is 0 Å². The molecular formula is C24H19ClFNO2. The summed E-state index contributed by atoms with van der Waals surface area (Å²) < 4.78 is 24.6. The summed E-state index contributed by atoms with van der Waals surface area (Å²) in [4.78, 5) is 0. The van der Waals surface area contributed by atoms with Gasteiger partial charge in [-0.3, -0.25) is 0 Å². The number of halogens is 2. The van der Waals surface area contributed by atoms with E-state index in [1.165, 1.54) is 12.1 Å². The molecule has 0 unspecified atom stereocenters. The van der Waals surface area contributed by atoms with E-state index in [1.54, 1.807) is 48.5 Å². The third-order valence-corrected chi connectivity index (χ3v) is 4.41. The number of ether oxygens (including phenoxy) is 2. The van der Waals surface area contributed by atoms with Gasteiger partial charge in [0, 0.05) is 5.02 Å². The van der Waals surface area contributed by atoms with Gasteiger partial charge >= 0.3 is 0 Å². The predicted octanol–water partition coefficient (Wildman–Crippen LogP) is 6.52. The molecular weight excluding hydrogens is 389 g/mol. The molecule has 0 heterocycles. The van der Waals surface area contributed by atoms with Crippen LogP contribution >= 0.6 is 11.6 Å². The first-order valence-electron chi connectivity index (χ1n) is 9.11. The first-order chi connectivity index (χ1) is 14.1. The van der Waals surface area contributed by atoms with Crippen LogP contribution in [-0.4, -0.2) is 6.61 Å². The van der Waals surface area contributed by atoms with E-state index in [4.69, 9.17) is 21.1 Å². The van der Waals surface area contributed by atoms with Crippen molar-refractivity contribution in [1.29, 1.82) is 5.26 Å². The zero-order valence-corrected chi connectivity index (χ0v) is 16.6. The predicted molar refractivity (Wildman–Crippen MR) is 113 cm³/mol. The zero-order valence-electron chi connectivity index (χ0n) is 15.9. The van der Waals surface area contributed by atoms with E-state index in [2.05, 4.69) is 6.07 Å². The van der Waals surface area contributed by atoms with E-state index in [1.807, 2.05) is 19.1 Å². The van der Waals surface area contributed by atoms with Crippen LogP contribution in [0.5, 0.6) is 11.5 Å². The van der Waals surface area contributed by atoms with Crippen LogP contribution in [0.15, 0.2) is 66.7 Å². The summed E-state index contributed by atoms with van der Waals surface area (Å²) in [5, 5.41) is 10.2. The number of benzene rings is 3.